The summed E-state index contributed by atoms with van der Waals surface area (Å²) in [6, 6.07) is 17.2. The molecule has 0 spiro atoms. The Bertz CT molecular complexity index is 1470. The van der Waals surface area contributed by atoms with E-state index in [-0.39, 0.29) is 47.6 Å². The quantitative estimate of drug-likeness (QED) is 0.231. The Morgan fingerprint density at radius 1 is 1.15 bits per heavy atom. The topological polar surface area (TPSA) is 138 Å². The number of amides is 3. The van der Waals surface area contributed by atoms with Gasteiger partial charge in [0.2, 0.25) is 11.8 Å². The van der Waals surface area contributed by atoms with Crippen LogP contribution < -0.4 is 21.1 Å². The number of thiophene rings is 1. The van der Waals surface area contributed by atoms with Gasteiger partial charge in [-0.15, -0.1) is 11.3 Å². The third-order valence-electron chi connectivity index (χ3n) is 7.71. The molecule has 40 heavy (non-hydrogen) atoms. The van der Waals surface area contributed by atoms with Crippen molar-refractivity contribution in [1.82, 2.24) is 15.5 Å². The molecular weight excluding hydrogens is 526 g/mol. The summed E-state index contributed by atoms with van der Waals surface area (Å²) >= 11 is 1.36. The lowest BCUT2D eigenvalue weighted by Gasteiger charge is -2.28. The van der Waals surface area contributed by atoms with Gasteiger partial charge in [-0.3, -0.25) is 19.8 Å². The molecule has 1 saturated heterocycles. The molecule has 5 rings (SSSR count). The summed E-state index contributed by atoms with van der Waals surface area (Å²) in [5.41, 5.74) is 6.71. The number of hydrogen-bond donors (Lipinski definition) is 4. The molecular formula is C30H33N5O4S. The number of ether oxygens (including phenoxy) is 1. The number of amidine groups is 1. The van der Waals surface area contributed by atoms with E-state index in [0.29, 0.717) is 28.4 Å². The molecule has 1 aliphatic heterocycles. The van der Waals surface area contributed by atoms with Crippen LogP contribution in [0.2, 0.25) is 0 Å². The minimum atomic E-state index is -0.598. The van der Waals surface area contributed by atoms with E-state index in [1.54, 1.807) is 29.2 Å². The van der Waals surface area contributed by atoms with Crippen LogP contribution in [0, 0.1) is 17.7 Å². The zero-order valence-corrected chi connectivity index (χ0v) is 23.5. The number of benzene rings is 2. The molecule has 1 aliphatic carbocycles. The van der Waals surface area contributed by atoms with Crippen LogP contribution in [0.5, 0.6) is 11.5 Å². The van der Waals surface area contributed by atoms with Crippen molar-refractivity contribution in [2.45, 2.75) is 51.7 Å². The van der Waals surface area contributed by atoms with Crippen molar-refractivity contribution in [2.75, 3.05) is 6.54 Å². The van der Waals surface area contributed by atoms with Crippen molar-refractivity contribution in [1.29, 1.82) is 5.41 Å². The molecule has 1 saturated carbocycles. The second-order valence-electron chi connectivity index (χ2n) is 10.8. The molecule has 0 radical (unpaired) electrons. The van der Waals surface area contributed by atoms with Crippen molar-refractivity contribution >= 4 is 34.9 Å². The van der Waals surface area contributed by atoms with Crippen LogP contribution in [0.25, 0.3) is 0 Å². The van der Waals surface area contributed by atoms with Crippen LogP contribution in [0.15, 0.2) is 60.7 Å². The number of para-hydroxylation sites is 1. The van der Waals surface area contributed by atoms with E-state index in [2.05, 4.69) is 17.6 Å². The number of nitrogens with zero attached hydrogens (tertiary/aromatic N) is 1. The molecule has 4 atom stereocenters. The van der Waals surface area contributed by atoms with Gasteiger partial charge in [0.15, 0.2) is 0 Å². The van der Waals surface area contributed by atoms with Crippen molar-refractivity contribution in [3.8, 4) is 11.5 Å². The number of fused-ring (bicyclic) bond motifs is 1. The van der Waals surface area contributed by atoms with Gasteiger partial charge in [0, 0.05) is 16.5 Å². The largest absolute Gasteiger partial charge is 0.457 e. The summed E-state index contributed by atoms with van der Waals surface area (Å²) in [6.07, 6.45) is 1.43. The average molecular weight is 560 g/mol. The fraction of sp³-hybridized carbons (Fsp3) is 0.333. The minimum absolute atomic E-state index is 0.00863. The third kappa shape index (κ3) is 5.58. The first-order chi connectivity index (χ1) is 19.1. The smallest absolute Gasteiger partial charge is 0.251 e. The Hall–Kier alpha value is -4.18. The van der Waals surface area contributed by atoms with Crippen LogP contribution in [0.1, 0.15) is 58.4 Å². The second-order valence-corrected chi connectivity index (χ2v) is 11.9. The number of nitrogen functional groups attached to an aromatic ring is 1. The summed E-state index contributed by atoms with van der Waals surface area (Å²) in [5.74, 6) is 0.478. The Morgan fingerprint density at radius 2 is 1.90 bits per heavy atom. The molecule has 2 aromatic carbocycles. The summed E-state index contributed by atoms with van der Waals surface area (Å²) < 4.78 is 5.89. The number of aryl methyl sites for hydroxylation is 1. The SMILES string of the molecule is Cc1cc(C(=O)NCC(=O)N2[C@H]3C[C@@]3(C)C[C@H]2C(=O)N[C@H](C)c2ccc(C(=N)N)s2)ccc1Oc1ccccc1. The Balaban J connectivity index is 1.20. The summed E-state index contributed by atoms with van der Waals surface area (Å²) in [4.78, 5) is 42.7. The molecule has 9 nitrogen and oxygen atoms in total. The van der Waals surface area contributed by atoms with E-state index >= 15 is 0 Å². The van der Waals surface area contributed by atoms with Gasteiger partial charge < -0.3 is 26.0 Å². The van der Waals surface area contributed by atoms with Crippen LogP contribution >= 0.6 is 11.3 Å². The van der Waals surface area contributed by atoms with Crippen molar-refractivity contribution < 1.29 is 19.1 Å². The molecule has 2 heterocycles. The molecule has 2 fully saturated rings. The first-order valence-corrected chi connectivity index (χ1v) is 14.0. The maximum Gasteiger partial charge on any atom is 0.251 e. The predicted molar refractivity (Wildman–Crippen MR) is 154 cm³/mol. The average Bonchev–Trinajstić information content (AvgIpc) is 3.26. The number of hydrogen-bond acceptors (Lipinski definition) is 6. The monoisotopic (exact) mass is 559 g/mol. The van der Waals surface area contributed by atoms with Gasteiger partial charge >= 0.3 is 0 Å². The lowest BCUT2D eigenvalue weighted by molar-refractivity contribution is -0.139. The summed E-state index contributed by atoms with van der Waals surface area (Å²) in [7, 11) is 0. The van der Waals surface area contributed by atoms with Crippen molar-refractivity contribution in [3.63, 3.8) is 0 Å². The highest BCUT2D eigenvalue weighted by Crippen LogP contribution is 2.59. The Labute approximate surface area is 237 Å². The van der Waals surface area contributed by atoms with Crippen LogP contribution in [-0.4, -0.2) is 47.1 Å². The van der Waals surface area contributed by atoms with Crippen LogP contribution in [0.3, 0.4) is 0 Å². The number of piperidine rings is 1. The molecule has 1 aromatic heterocycles. The molecule has 208 valence electrons. The molecule has 5 N–H and O–H groups in total. The Kier molecular flexibility index (Phi) is 7.37. The highest BCUT2D eigenvalue weighted by Gasteiger charge is 2.64. The number of nitrogens with two attached hydrogens (primary N) is 1. The fourth-order valence-electron chi connectivity index (χ4n) is 5.34. The highest BCUT2D eigenvalue weighted by atomic mass is 32.1. The van der Waals surface area contributed by atoms with E-state index in [9.17, 15) is 14.4 Å². The van der Waals surface area contributed by atoms with E-state index in [1.807, 2.05) is 50.2 Å². The van der Waals surface area contributed by atoms with Gasteiger partial charge in [-0.1, -0.05) is 25.1 Å². The molecule has 0 bridgehead atoms. The second kappa shape index (κ2) is 10.8. The predicted octanol–water partition coefficient (Wildman–Crippen LogP) is 4.12. The number of rotatable bonds is 9. The lowest BCUT2D eigenvalue weighted by atomic mass is 10.0. The van der Waals surface area contributed by atoms with Gasteiger partial charge in [0.25, 0.3) is 5.91 Å². The maximum absolute atomic E-state index is 13.3. The number of nitrogens with one attached hydrogen (secondary N) is 3. The molecule has 2 aliphatic rings. The summed E-state index contributed by atoms with van der Waals surface area (Å²) in [6.45, 7) is 5.63. The van der Waals surface area contributed by atoms with Gasteiger partial charge in [-0.05, 0) is 80.1 Å². The molecule has 3 amide bonds. The minimum Gasteiger partial charge on any atom is -0.457 e. The summed E-state index contributed by atoms with van der Waals surface area (Å²) in [5, 5.41) is 13.3. The standard InChI is InChI=1S/C30H33N5O4S/c1-17-13-19(9-10-22(17)39-20-7-5-4-6-8-20)28(37)33-16-26(36)35-21(14-30(3)15-25(30)35)29(38)34-18(2)23-11-12-24(40-23)27(31)32/h4-13,18,21,25H,14-16H2,1-3H3,(H3,31,32)(H,33,37)(H,34,38)/t18-,21+,25+,30-/m1/s1. The van der Waals surface area contributed by atoms with E-state index < -0.39 is 6.04 Å². The number of carbonyl (C=O) groups is 3. The van der Waals surface area contributed by atoms with Crippen molar-refractivity contribution in [3.05, 3.63) is 81.5 Å². The number of carbonyl (C=O) groups excluding carboxylic acids is 3. The van der Waals surface area contributed by atoms with Gasteiger partial charge in [0.1, 0.15) is 23.4 Å². The third-order valence-corrected chi connectivity index (χ3v) is 9.01. The van der Waals surface area contributed by atoms with E-state index in [0.717, 1.165) is 16.9 Å². The molecule has 10 heteroatoms. The zero-order chi connectivity index (χ0) is 28.6. The lowest BCUT2D eigenvalue weighted by Crippen LogP contribution is -2.51. The van der Waals surface area contributed by atoms with Gasteiger partial charge in [-0.2, -0.15) is 0 Å². The number of likely N-dealkylation sites (tertiary alicyclic amines) is 1. The van der Waals surface area contributed by atoms with Crippen LogP contribution in [-0.2, 0) is 9.59 Å². The molecule has 0 unspecified atom stereocenters. The van der Waals surface area contributed by atoms with Crippen molar-refractivity contribution in [2.24, 2.45) is 11.1 Å². The Morgan fingerprint density at radius 3 is 2.58 bits per heavy atom. The fourth-order valence-corrected chi connectivity index (χ4v) is 6.21. The molecule has 3 aromatic rings. The van der Waals surface area contributed by atoms with Crippen LogP contribution in [0.4, 0.5) is 0 Å². The zero-order valence-electron chi connectivity index (χ0n) is 22.7. The van der Waals surface area contributed by atoms with E-state index in [1.165, 1.54) is 11.3 Å². The highest BCUT2D eigenvalue weighted by molar-refractivity contribution is 7.14. The van der Waals surface area contributed by atoms with Gasteiger partial charge in [-0.25, -0.2) is 0 Å². The van der Waals surface area contributed by atoms with Gasteiger partial charge in [0.05, 0.1) is 17.5 Å². The van der Waals surface area contributed by atoms with E-state index in [4.69, 9.17) is 15.9 Å². The normalized spacial score (nSPS) is 21.7. The first kappa shape index (κ1) is 27.4. The first-order valence-electron chi connectivity index (χ1n) is 13.2. The maximum atomic E-state index is 13.3.